The lowest BCUT2D eigenvalue weighted by atomic mass is 9.99. The number of pyridine rings is 1. The molecule has 5 nitrogen and oxygen atoms in total. The Morgan fingerprint density at radius 3 is 2.50 bits per heavy atom. The van der Waals surface area contributed by atoms with E-state index in [-0.39, 0.29) is 0 Å². The molecule has 0 unspecified atom stereocenters. The van der Waals surface area contributed by atoms with Crippen molar-refractivity contribution in [2.24, 2.45) is 0 Å². The summed E-state index contributed by atoms with van der Waals surface area (Å²) in [5, 5.41) is 15.3. The lowest BCUT2D eigenvalue weighted by Crippen LogP contribution is -2.08. The Balaban J connectivity index is 2.11. The molecule has 1 N–H and O–H groups in total. The number of fused-ring (bicyclic) bond motifs is 5. The number of benzene rings is 3. The predicted molar refractivity (Wildman–Crippen MR) is 87.4 cm³/mol. The molecule has 0 radical (unpaired) electrons. The van der Waals surface area contributed by atoms with Crippen LogP contribution in [0, 0.1) is 10.1 Å². The monoisotopic (exact) mass is 289 g/mol. The maximum atomic E-state index is 10.7. The maximum Gasteiger partial charge on any atom is 0.162 e. The molecule has 0 saturated carbocycles. The van der Waals surface area contributed by atoms with Gasteiger partial charge in [-0.1, -0.05) is 42.5 Å². The van der Waals surface area contributed by atoms with Gasteiger partial charge >= 0.3 is 0 Å². The summed E-state index contributed by atoms with van der Waals surface area (Å²) in [4.78, 5) is 15.1. The number of nitrogens with one attached hydrogen (secondary N) is 1. The summed E-state index contributed by atoms with van der Waals surface area (Å²) < 4.78 is 0. The first kappa shape index (κ1) is 12.5. The van der Waals surface area contributed by atoms with Crippen molar-refractivity contribution in [2.75, 3.05) is 5.43 Å². The Bertz CT molecular complexity index is 1040. The number of aromatic nitrogens is 1. The fraction of sp³-hybridized carbons (Fsp3) is 0. The quantitative estimate of drug-likeness (QED) is 0.342. The fourth-order valence-electron chi connectivity index (χ4n) is 2.90. The van der Waals surface area contributed by atoms with E-state index in [2.05, 4.69) is 22.5 Å². The summed E-state index contributed by atoms with van der Waals surface area (Å²) in [6, 6.07) is 17.7. The SMILES string of the molecule is O=[N+]([O-])Nc1ccnc2c1ccc1c3ccccc3ccc12. The van der Waals surface area contributed by atoms with Gasteiger partial charge in [0.05, 0.1) is 5.52 Å². The van der Waals surface area contributed by atoms with Crippen molar-refractivity contribution < 1.29 is 5.03 Å². The molecule has 0 bridgehead atoms. The first-order chi connectivity index (χ1) is 10.7. The van der Waals surface area contributed by atoms with Crippen LogP contribution >= 0.6 is 0 Å². The lowest BCUT2D eigenvalue weighted by Gasteiger charge is -2.08. The molecule has 1 aromatic heterocycles. The second-order valence-electron chi connectivity index (χ2n) is 5.07. The molecule has 0 atom stereocenters. The molecule has 22 heavy (non-hydrogen) atoms. The minimum Gasteiger partial charge on any atom is -0.255 e. The van der Waals surface area contributed by atoms with Crippen molar-refractivity contribution in [3.8, 4) is 0 Å². The number of hydrogen-bond donors (Lipinski definition) is 1. The smallest absolute Gasteiger partial charge is 0.162 e. The lowest BCUT2D eigenvalue weighted by molar-refractivity contribution is -0.445. The molecule has 0 amide bonds. The third-order valence-electron chi connectivity index (χ3n) is 3.84. The van der Waals surface area contributed by atoms with Gasteiger partial charge in [-0.05, 0) is 28.3 Å². The van der Waals surface area contributed by atoms with Crippen LogP contribution in [0.1, 0.15) is 0 Å². The molecule has 0 aliphatic carbocycles. The minimum absolute atomic E-state index is 0.449. The number of rotatable bonds is 2. The van der Waals surface area contributed by atoms with Crippen molar-refractivity contribution in [3.05, 3.63) is 70.9 Å². The highest BCUT2D eigenvalue weighted by Crippen LogP contribution is 2.32. The minimum atomic E-state index is -0.556. The van der Waals surface area contributed by atoms with Crippen molar-refractivity contribution in [3.63, 3.8) is 0 Å². The normalized spacial score (nSPS) is 11.1. The summed E-state index contributed by atoms with van der Waals surface area (Å²) in [6.45, 7) is 0. The van der Waals surface area contributed by atoms with E-state index in [0.29, 0.717) is 5.69 Å². The molecule has 4 aromatic rings. The second kappa shape index (κ2) is 4.66. The molecule has 3 aromatic carbocycles. The largest absolute Gasteiger partial charge is 0.255 e. The first-order valence-corrected chi connectivity index (χ1v) is 6.84. The van der Waals surface area contributed by atoms with E-state index in [4.69, 9.17) is 0 Å². The average molecular weight is 289 g/mol. The highest BCUT2D eigenvalue weighted by atomic mass is 16.7. The zero-order chi connectivity index (χ0) is 15.1. The topological polar surface area (TPSA) is 68.1 Å². The third-order valence-corrected chi connectivity index (χ3v) is 3.84. The number of nitrogens with zero attached hydrogens (tertiary/aromatic N) is 2. The van der Waals surface area contributed by atoms with Gasteiger partial charge in [-0.15, -0.1) is 5.43 Å². The zero-order valence-corrected chi connectivity index (χ0v) is 11.5. The Labute approximate surface area is 125 Å². The van der Waals surface area contributed by atoms with Crippen molar-refractivity contribution >= 4 is 38.1 Å². The molecule has 0 fully saturated rings. The summed E-state index contributed by atoms with van der Waals surface area (Å²) in [5.41, 5.74) is 3.44. The molecule has 0 saturated heterocycles. The van der Waals surface area contributed by atoms with E-state index in [1.54, 1.807) is 12.3 Å². The predicted octanol–water partition coefficient (Wildman–Crippen LogP) is 4.14. The van der Waals surface area contributed by atoms with Crippen LogP contribution in [0.5, 0.6) is 0 Å². The molecular formula is C17H11N3O2. The highest BCUT2D eigenvalue weighted by Gasteiger charge is 2.10. The molecule has 1 heterocycles. The van der Waals surface area contributed by atoms with Crippen molar-refractivity contribution in [1.82, 2.24) is 4.98 Å². The Morgan fingerprint density at radius 2 is 1.64 bits per heavy atom. The van der Waals surface area contributed by atoms with Gasteiger partial charge in [0, 0.05) is 17.0 Å². The summed E-state index contributed by atoms with van der Waals surface area (Å²) in [5.74, 6) is 0. The molecule has 0 aliphatic rings. The third kappa shape index (κ3) is 1.83. The van der Waals surface area contributed by atoms with E-state index in [9.17, 15) is 10.1 Å². The number of anilines is 1. The standard InChI is InChI=1S/C17H11N3O2/c21-20(22)19-16-9-10-18-17-14-6-5-11-3-1-2-4-12(11)13(14)7-8-15(16)17/h1-10H,(H,18,19). The van der Waals surface area contributed by atoms with Crippen LogP contribution in [0.25, 0.3) is 32.4 Å². The molecule has 0 spiro atoms. The van der Waals surface area contributed by atoms with Crippen molar-refractivity contribution in [1.29, 1.82) is 0 Å². The van der Waals surface area contributed by atoms with Gasteiger partial charge in [-0.25, -0.2) is 10.1 Å². The summed E-state index contributed by atoms with van der Waals surface area (Å²) >= 11 is 0. The number of hydrogen-bond acceptors (Lipinski definition) is 3. The molecule has 4 rings (SSSR count). The van der Waals surface area contributed by atoms with Gasteiger partial charge in [0.2, 0.25) is 0 Å². The van der Waals surface area contributed by atoms with Crippen molar-refractivity contribution in [2.45, 2.75) is 0 Å². The van der Waals surface area contributed by atoms with Gasteiger partial charge < -0.3 is 0 Å². The summed E-state index contributed by atoms with van der Waals surface area (Å²) in [6.07, 6.45) is 1.59. The van der Waals surface area contributed by atoms with E-state index < -0.39 is 5.03 Å². The molecule has 0 aliphatic heterocycles. The Hall–Kier alpha value is -3.21. The molecular weight excluding hydrogens is 278 g/mol. The van der Waals surface area contributed by atoms with E-state index in [1.807, 2.05) is 36.4 Å². The zero-order valence-electron chi connectivity index (χ0n) is 11.5. The van der Waals surface area contributed by atoms with Crippen LogP contribution in [0.3, 0.4) is 0 Å². The Morgan fingerprint density at radius 1 is 0.864 bits per heavy atom. The second-order valence-corrected chi connectivity index (χ2v) is 5.07. The van der Waals surface area contributed by atoms with E-state index >= 15 is 0 Å². The maximum absolute atomic E-state index is 10.7. The highest BCUT2D eigenvalue weighted by molar-refractivity contribution is 6.17. The fourth-order valence-corrected chi connectivity index (χ4v) is 2.90. The molecule has 5 heteroatoms. The van der Waals surface area contributed by atoms with Gasteiger partial charge in [0.1, 0.15) is 5.69 Å². The van der Waals surface area contributed by atoms with Gasteiger partial charge in [-0.3, -0.25) is 4.98 Å². The summed E-state index contributed by atoms with van der Waals surface area (Å²) in [7, 11) is 0. The van der Waals surface area contributed by atoms with Crippen LogP contribution in [0.15, 0.2) is 60.8 Å². The van der Waals surface area contributed by atoms with Crippen LogP contribution in [0.2, 0.25) is 0 Å². The Kier molecular flexibility index (Phi) is 2.66. The number of hydrazine groups is 1. The van der Waals surface area contributed by atoms with Crippen LogP contribution < -0.4 is 5.43 Å². The average Bonchev–Trinajstić information content (AvgIpc) is 2.54. The first-order valence-electron chi connectivity index (χ1n) is 6.84. The van der Waals surface area contributed by atoms with E-state index in [0.717, 1.165) is 32.4 Å². The molecule has 106 valence electrons. The van der Waals surface area contributed by atoms with Gasteiger partial charge in [-0.2, -0.15) is 0 Å². The van der Waals surface area contributed by atoms with Gasteiger partial charge in [0.25, 0.3) is 0 Å². The van der Waals surface area contributed by atoms with Crippen LogP contribution in [-0.2, 0) is 0 Å². The number of nitro groups is 1. The van der Waals surface area contributed by atoms with Crippen LogP contribution in [0.4, 0.5) is 5.69 Å². The van der Waals surface area contributed by atoms with Crippen LogP contribution in [-0.4, -0.2) is 10.0 Å². The van der Waals surface area contributed by atoms with Gasteiger partial charge in [0.15, 0.2) is 5.03 Å². The van der Waals surface area contributed by atoms with E-state index in [1.165, 1.54) is 0 Å².